The van der Waals surface area contributed by atoms with Gasteiger partial charge in [-0.25, -0.2) is 9.78 Å². The van der Waals surface area contributed by atoms with Gasteiger partial charge in [-0.15, -0.1) is 0 Å². The number of nitrogens with one attached hydrogen (secondary N) is 9. The Morgan fingerprint density at radius 2 is 1.29 bits per heavy atom. The summed E-state index contributed by atoms with van der Waals surface area (Å²) in [6.45, 7) is 6.82. The van der Waals surface area contributed by atoms with Gasteiger partial charge in [0.15, 0.2) is 5.96 Å². The van der Waals surface area contributed by atoms with E-state index >= 15 is 0 Å². The second-order valence-corrected chi connectivity index (χ2v) is 18.8. The topological polar surface area (TPSA) is 412 Å². The molecule has 1 fully saturated rings. The third-order valence-corrected chi connectivity index (χ3v) is 12.2. The number of hydrogen-bond donors (Lipinski definition) is 14. The number of phenols is 1. The second-order valence-electron chi connectivity index (χ2n) is 18.8. The summed E-state index contributed by atoms with van der Waals surface area (Å²) in [5.74, 6) is -9.18. The monoisotopic (exact) mass is 1070 g/mol. The van der Waals surface area contributed by atoms with Gasteiger partial charge < -0.3 is 74.5 Å². The number of guanidine groups is 1. The summed E-state index contributed by atoms with van der Waals surface area (Å²) in [6, 6.07) is 4.15. The van der Waals surface area contributed by atoms with Crippen molar-refractivity contribution in [2.75, 3.05) is 13.1 Å². The number of likely N-dealkylation sites (tertiary alicyclic amines) is 1. The molecule has 25 nitrogen and oxygen atoms in total. The molecule has 2 aromatic carbocycles. The first kappa shape index (κ1) is 62.5. The molecule has 0 radical (unpaired) electrons. The number of carboxylic acid groups (broad SMARTS) is 1. The summed E-state index contributed by atoms with van der Waals surface area (Å²) in [5.41, 5.74) is 18.0. The molecule has 17 N–H and O–H groups in total. The fraction of sp³-hybridized carbons (Fsp3) is 0.490. The van der Waals surface area contributed by atoms with Crippen LogP contribution in [0.2, 0.25) is 0 Å². The SMILES string of the molecule is CC(C)[C@H](NC(=O)[C@H](CCCNC(=N)N)NC(=O)[C@@H](N)CC(N)=O)C(=O)N[C@@H](Cc1ccc(O)cc1)C(=O)N[C@H](C(=O)N[C@@H](Cc1cnc[nH]1)C(=O)N1CCC[C@H]1C(=O)N[C@@H](Cc1ccccc1)C(=O)O)C(C)C.[CaH2]. The molecular formula is C49H72CaN14O11. The van der Waals surface area contributed by atoms with E-state index in [1.807, 2.05) is 0 Å². The molecule has 4 rings (SSSR count). The molecule has 8 atom stereocenters. The van der Waals surface area contributed by atoms with Crippen molar-refractivity contribution in [2.45, 2.75) is 127 Å². The molecule has 1 aliphatic heterocycles. The normalized spacial score (nSPS) is 15.8. The van der Waals surface area contributed by atoms with Crippen molar-refractivity contribution in [1.29, 1.82) is 5.41 Å². The minimum atomic E-state index is -1.41. The fourth-order valence-corrected chi connectivity index (χ4v) is 8.20. The van der Waals surface area contributed by atoms with Crippen molar-refractivity contribution < 1.29 is 53.4 Å². The first-order valence-corrected chi connectivity index (χ1v) is 24.3. The Balaban J connectivity index is 0.0000148. The van der Waals surface area contributed by atoms with Crippen LogP contribution in [0.5, 0.6) is 5.75 Å². The number of aliphatic carboxylic acids is 1. The van der Waals surface area contributed by atoms with E-state index in [4.69, 9.17) is 22.6 Å². The molecule has 0 saturated carbocycles. The Kier molecular flexibility index (Phi) is 25.4. The van der Waals surface area contributed by atoms with Gasteiger partial charge >= 0.3 is 43.7 Å². The minimum absolute atomic E-state index is 0. The number of nitrogens with two attached hydrogens (primary N) is 3. The zero-order valence-electron chi connectivity index (χ0n) is 41.9. The Labute approximate surface area is 464 Å². The summed E-state index contributed by atoms with van der Waals surface area (Å²) in [5, 5.41) is 45.9. The van der Waals surface area contributed by atoms with Gasteiger partial charge in [0.05, 0.1) is 18.8 Å². The van der Waals surface area contributed by atoms with Crippen LogP contribution in [-0.2, 0) is 62.4 Å². The molecule has 406 valence electrons. The van der Waals surface area contributed by atoms with Crippen LogP contribution in [0, 0.1) is 17.2 Å². The molecule has 0 bridgehead atoms. The van der Waals surface area contributed by atoms with Crippen LogP contribution in [0.25, 0.3) is 0 Å². The van der Waals surface area contributed by atoms with Gasteiger partial charge in [-0.3, -0.25) is 43.8 Å². The van der Waals surface area contributed by atoms with Gasteiger partial charge in [0.2, 0.25) is 47.3 Å². The number of carbonyl (C=O) groups excluding carboxylic acids is 8. The number of aromatic amines is 1. The number of phenolic OH excluding ortho intramolecular Hbond substituents is 1. The maximum atomic E-state index is 14.5. The number of carbonyl (C=O) groups is 9. The van der Waals surface area contributed by atoms with Crippen LogP contribution in [0.15, 0.2) is 67.1 Å². The van der Waals surface area contributed by atoms with Crippen molar-refractivity contribution in [2.24, 2.45) is 29.0 Å². The summed E-state index contributed by atoms with van der Waals surface area (Å²) in [7, 11) is 0. The van der Waals surface area contributed by atoms with Crippen LogP contribution >= 0.6 is 0 Å². The Bertz CT molecular complexity index is 2430. The van der Waals surface area contributed by atoms with Crippen molar-refractivity contribution in [3.05, 3.63) is 83.9 Å². The standard InChI is InChI=1S/C49H70N14O11.Ca.2H/c1-26(2)39(61-42(67)33(12-8-18-55-49(52)53)57-41(66)32(50)23-38(51)65)45(70)58-34(20-29-14-16-31(64)17-15-29)43(68)62-40(27(3)4)46(71)59-35(22-30-24-54-25-56-30)47(72)63-19-9-13-37(63)44(69)60-36(48(73)74)21-28-10-6-5-7-11-28;;;/h5-7,10-11,14-17,24-27,32-37,39-40,64H,8-9,12-13,18-23,50H2,1-4H3,(H2,51,65)(H,54,56)(H,57,66)(H,58,70)(H,59,71)(H,60,69)(H,61,67)(H,62,68)(H,73,74)(H4,52,53,55);;;/t32-,33-,34-,35-,36-,37-,39-,40-;;;/m0.../s1. The number of nitrogens with zero attached hydrogens (tertiary/aromatic N) is 2. The number of hydrogen-bond acceptors (Lipinski definition) is 13. The molecule has 1 aromatic heterocycles. The molecule has 0 aliphatic carbocycles. The van der Waals surface area contributed by atoms with E-state index in [0.717, 1.165) is 0 Å². The van der Waals surface area contributed by atoms with Crippen LogP contribution in [-0.4, -0.2) is 183 Å². The first-order chi connectivity index (χ1) is 35.0. The van der Waals surface area contributed by atoms with Crippen LogP contribution in [0.1, 0.15) is 76.6 Å². The van der Waals surface area contributed by atoms with Crippen molar-refractivity contribution in [3.63, 3.8) is 0 Å². The second kappa shape index (κ2) is 30.5. The summed E-state index contributed by atoms with van der Waals surface area (Å²) < 4.78 is 0. The van der Waals surface area contributed by atoms with E-state index < -0.39 is 120 Å². The number of rotatable bonds is 28. The molecule has 8 amide bonds. The van der Waals surface area contributed by atoms with Crippen LogP contribution in [0.3, 0.4) is 0 Å². The predicted octanol–water partition coefficient (Wildman–Crippen LogP) is -3.01. The van der Waals surface area contributed by atoms with Gasteiger partial charge in [-0.1, -0.05) is 70.2 Å². The Morgan fingerprint density at radius 1 is 0.733 bits per heavy atom. The molecular weight excluding hydrogens is 1000 g/mol. The predicted molar refractivity (Wildman–Crippen MR) is 277 cm³/mol. The van der Waals surface area contributed by atoms with Crippen LogP contribution in [0.4, 0.5) is 0 Å². The van der Waals surface area contributed by atoms with Crippen molar-refractivity contribution in [3.8, 4) is 5.75 Å². The number of benzene rings is 2. The summed E-state index contributed by atoms with van der Waals surface area (Å²) in [4.78, 5) is 130. The number of H-pyrrole nitrogens is 1. The number of primary amides is 1. The third kappa shape index (κ3) is 20.1. The van der Waals surface area contributed by atoms with Gasteiger partial charge in [-0.2, -0.15) is 0 Å². The number of imidazole rings is 1. The first-order valence-electron chi connectivity index (χ1n) is 24.3. The van der Waals surface area contributed by atoms with E-state index in [1.165, 1.54) is 41.7 Å². The molecule has 0 spiro atoms. The number of aromatic hydroxyl groups is 1. The molecule has 75 heavy (non-hydrogen) atoms. The molecule has 26 heteroatoms. The molecule has 1 aliphatic rings. The van der Waals surface area contributed by atoms with Gasteiger partial charge in [0.1, 0.15) is 48.0 Å². The van der Waals surface area contributed by atoms with Crippen molar-refractivity contribution >= 4 is 96.9 Å². The average molecular weight is 1070 g/mol. The Hall–Kier alpha value is -6.83. The van der Waals surface area contributed by atoms with E-state index in [2.05, 4.69) is 47.2 Å². The van der Waals surface area contributed by atoms with Crippen LogP contribution < -0.4 is 54.4 Å². The number of carboxylic acids is 1. The van der Waals surface area contributed by atoms with Gasteiger partial charge in [-0.05, 0) is 60.8 Å². The maximum absolute atomic E-state index is 14.5. The van der Waals surface area contributed by atoms with Gasteiger partial charge in [0, 0.05) is 44.2 Å². The molecule has 1 saturated heterocycles. The number of amides is 8. The zero-order valence-corrected chi connectivity index (χ0v) is 41.9. The van der Waals surface area contributed by atoms with Gasteiger partial charge in [0.25, 0.3) is 0 Å². The third-order valence-electron chi connectivity index (χ3n) is 12.2. The quantitative estimate of drug-likeness (QED) is 0.0149. The fourth-order valence-electron chi connectivity index (χ4n) is 8.20. The number of aromatic nitrogens is 2. The molecule has 3 aromatic rings. The van der Waals surface area contributed by atoms with E-state index in [0.29, 0.717) is 23.2 Å². The Morgan fingerprint density at radius 3 is 1.84 bits per heavy atom. The molecule has 2 heterocycles. The van der Waals surface area contributed by atoms with E-state index in [1.54, 1.807) is 58.0 Å². The van der Waals surface area contributed by atoms with Crippen molar-refractivity contribution in [1.82, 2.24) is 52.1 Å². The summed E-state index contributed by atoms with van der Waals surface area (Å²) in [6.07, 6.45) is 2.87. The molecule has 0 unspecified atom stereocenters. The average Bonchev–Trinajstić information content (AvgIpc) is 4.06. The zero-order chi connectivity index (χ0) is 54.6. The van der Waals surface area contributed by atoms with E-state index in [9.17, 15) is 53.4 Å². The van der Waals surface area contributed by atoms with E-state index in [-0.39, 0.29) is 101 Å². The summed E-state index contributed by atoms with van der Waals surface area (Å²) >= 11 is 0.